The van der Waals surface area contributed by atoms with Crippen LogP contribution in [0.4, 0.5) is 0 Å². The van der Waals surface area contributed by atoms with Crippen molar-refractivity contribution >= 4 is 0 Å². The van der Waals surface area contributed by atoms with Crippen LogP contribution in [0.15, 0.2) is 0 Å². The summed E-state index contributed by atoms with van der Waals surface area (Å²) >= 11 is 0. The van der Waals surface area contributed by atoms with Crippen LogP contribution in [0.25, 0.3) is 0 Å². The van der Waals surface area contributed by atoms with Gasteiger partial charge in [-0.25, -0.2) is 0 Å². The summed E-state index contributed by atoms with van der Waals surface area (Å²) < 4.78 is 6.56. The highest BCUT2D eigenvalue weighted by atomic mass is 16.5. The molecular formula is C25H42O2. The van der Waals surface area contributed by atoms with Crippen molar-refractivity contribution in [1.29, 1.82) is 0 Å². The Morgan fingerprint density at radius 2 is 1.59 bits per heavy atom. The molecule has 1 aromatic carbocycles. The molecule has 1 aromatic rings. The van der Waals surface area contributed by atoms with Crippen molar-refractivity contribution in [1.82, 2.24) is 0 Å². The molecule has 154 valence electrons. The van der Waals surface area contributed by atoms with Crippen molar-refractivity contribution in [3.8, 4) is 11.5 Å². The molecule has 0 saturated heterocycles. The molecule has 27 heavy (non-hydrogen) atoms. The van der Waals surface area contributed by atoms with Gasteiger partial charge in [0.05, 0.1) is 0 Å². The predicted octanol–water partition coefficient (Wildman–Crippen LogP) is 7.42. The second-order valence-corrected chi connectivity index (χ2v) is 9.52. The van der Waals surface area contributed by atoms with Gasteiger partial charge in [0.25, 0.3) is 0 Å². The summed E-state index contributed by atoms with van der Waals surface area (Å²) in [4.78, 5) is 0. The molecule has 2 nitrogen and oxygen atoms in total. The fraction of sp³-hybridized carbons (Fsp3) is 0.760. The minimum absolute atomic E-state index is 0.0654. The fourth-order valence-corrected chi connectivity index (χ4v) is 4.46. The Hall–Kier alpha value is -1.18. The Morgan fingerprint density at radius 1 is 0.963 bits per heavy atom. The Balaban J connectivity index is 1.88. The largest absolute Gasteiger partial charge is 0.507 e. The van der Waals surface area contributed by atoms with Gasteiger partial charge in [-0.05, 0) is 81.9 Å². The fourth-order valence-electron chi connectivity index (χ4n) is 4.46. The average Bonchev–Trinajstić information content (AvgIpc) is 2.64. The van der Waals surface area contributed by atoms with E-state index in [0.29, 0.717) is 5.75 Å². The lowest BCUT2D eigenvalue weighted by Gasteiger charge is -2.38. The van der Waals surface area contributed by atoms with Crippen LogP contribution >= 0.6 is 0 Å². The Kier molecular flexibility index (Phi) is 7.65. The van der Waals surface area contributed by atoms with Gasteiger partial charge in [-0.2, -0.15) is 0 Å². The average molecular weight is 375 g/mol. The van der Waals surface area contributed by atoms with Gasteiger partial charge in [-0.1, -0.05) is 52.9 Å². The van der Waals surface area contributed by atoms with Gasteiger partial charge >= 0.3 is 0 Å². The van der Waals surface area contributed by atoms with Crippen molar-refractivity contribution < 1.29 is 9.84 Å². The lowest BCUT2D eigenvalue weighted by atomic mass is 9.84. The van der Waals surface area contributed by atoms with E-state index in [9.17, 15) is 5.11 Å². The summed E-state index contributed by atoms with van der Waals surface area (Å²) in [6, 6.07) is 0. The number of rotatable bonds is 9. The third-order valence-corrected chi connectivity index (χ3v) is 7.09. The predicted molar refractivity (Wildman–Crippen MR) is 116 cm³/mol. The lowest BCUT2D eigenvalue weighted by Crippen LogP contribution is -2.37. The quantitative estimate of drug-likeness (QED) is 0.487. The number of hydrogen-bond donors (Lipinski definition) is 1. The van der Waals surface area contributed by atoms with E-state index in [4.69, 9.17) is 4.74 Å². The minimum atomic E-state index is -0.0654. The van der Waals surface area contributed by atoms with E-state index in [1.54, 1.807) is 0 Å². The summed E-state index contributed by atoms with van der Waals surface area (Å²) in [5, 5.41) is 10.3. The number of hydrogen-bond acceptors (Lipinski definition) is 2. The molecule has 2 heteroatoms. The van der Waals surface area contributed by atoms with Crippen LogP contribution in [0.1, 0.15) is 101 Å². The van der Waals surface area contributed by atoms with Gasteiger partial charge in [0.15, 0.2) is 0 Å². The zero-order chi connectivity index (χ0) is 20.2. The van der Waals surface area contributed by atoms with Crippen LogP contribution in [0.2, 0.25) is 0 Å². The second kappa shape index (κ2) is 9.34. The van der Waals surface area contributed by atoms with Crippen molar-refractivity contribution in [3.63, 3.8) is 0 Å². The molecule has 0 radical (unpaired) electrons. The third-order valence-electron chi connectivity index (χ3n) is 7.09. The van der Waals surface area contributed by atoms with E-state index in [1.807, 2.05) is 13.8 Å². The smallest absolute Gasteiger partial charge is 0.127 e. The molecule has 0 spiro atoms. The van der Waals surface area contributed by atoms with Gasteiger partial charge in [0, 0.05) is 5.56 Å². The molecule has 0 amide bonds. The zero-order valence-electron chi connectivity index (χ0n) is 18.9. The molecule has 0 aliphatic carbocycles. The van der Waals surface area contributed by atoms with Crippen molar-refractivity contribution in [3.05, 3.63) is 22.3 Å². The molecule has 0 fully saturated rings. The summed E-state index contributed by atoms with van der Waals surface area (Å²) in [6.07, 6.45) is 11.2. The van der Waals surface area contributed by atoms with Crippen LogP contribution in [0, 0.1) is 32.6 Å². The number of phenolic OH excluding ortho intramolecular Hbond substituents is 1. The highest BCUT2D eigenvalue weighted by Gasteiger charge is 2.34. The summed E-state index contributed by atoms with van der Waals surface area (Å²) in [6.45, 7) is 15.5. The normalized spacial score (nSPS) is 21.4. The molecule has 2 rings (SSSR count). The van der Waals surface area contributed by atoms with E-state index in [1.165, 1.54) is 44.1 Å². The Labute approximate surface area is 167 Å². The van der Waals surface area contributed by atoms with Crippen molar-refractivity contribution in [2.24, 2.45) is 11.8 Å². The van der Waals surface area contributed by atoms with Crippen molar-refractivity contribution in [2.75, 3.05) is 0 Å². The first-order valence-corrected chi connectivity index (χ1v) is 11.2. The number of phenols is 1. The molecule has 0 bridgehead atoms. The van der Waals surface area contributed by atoms with Crippen LogP contribution in [0.3, 0.4) is 0 Å². The maximum Gasteiger partial charge on any atom is 0.127 e. The lowest BCUT2D eigenvalue weighted by molar-refractivity contribution is 0.0512. The first kappa shape index (κ1) is 22.1. The van der Waals surface area contributed by atoms with E-state index < -0.39 is 0 Å². The third kappa shape index (κ3) is 5.42. The molecule has 1 aliphatic rings. The van der Waals surface area contributed by atoms with Gasteiger partial charge in [0.2, 0.25) is 0 Å². The first-order chi connectivity index (χ1) is 12.7. The van der Waals surface area contributed by atoms with Gasteiger partial charge in [-0.15, -0.1) is 0 Å². The van der Waals surface area contributed by atoms with Crippen LogP contribution in [-0.4, -0.2) is 10.7 Å². The Bertz CT molecular complexity index is 634. The maximum absolute atomic E-state index is 10.3. The molecule has 0 saturated carbocycles. The molecule has 0 aromatic heterocycles. The second-order valence-electron chi connectivity index (χ2n) is 9.52. The van der Waals surface area contributed by atoms with E-state index in [2.05, 4.69) is 34.6 Å². The molecular weight excluding hydrogens is 332 g/mol. The summed E-state index contributed by atoms with van der Waals surface area (Å²) in [5.41, 5.74) is 4.23. The minimum Gasteiger partial charge on any atom is -0.507 e. The summed E-state index contributed by atoms with van der Waals surface area (Å²) in [5.74, 6) is 3.18. The molecule has 1 heterocycles. The van der Waals surface area contributed by atoms with E-state index >= 15 is 0 Å². The van der Waals surface area contributed by atoms with Crippen LogP contribution in [0.5, 0.6) is 11.5 Å². The number of fused-ring (bicyclic) bond motifs is 1. The Morgan fingerprint density at radius 3 is 2.26 bits per heavy atom. The van der Waals surface area contributed by atoms with Gasteiger partial charge < -0.3 is 9.84 Å². The topological polar surface area (TPSA) is 29.5 Å². The highest BCUT2D eigenvalue weighted by Crippen LogP contribution is 2.44. The number of ether oxygens (including phenoxy) is 1. The SMILES string of the molecule is CCC(C)CCCC(C)CCCC1(C)CCc2c(C)c(O)c(C)c(C)c2O1. The monoisotopic (exact) mass is 374 g/mol. The summed E-state index contributed by atoms with van der Waals surface area (Å²) in [7, 11) is 0. The number of aromatic hydroxyl groups is 1. The molecule has 1 aliphatic heterocycles. The molecule has 3 unspecified atom stereocenters. The highest BCUT2D eigenvalue weighted by molar-refractivity contribution is 5.58. The molecule has 1 N–H and O–H groups in total. The zero-order valence-corrected chi connectivity index (χ0v) is 18.9. The number of benzene rings is 1. The standard InChI is InChI=1S/C25H42O2/c1-8-17(2)11-9-12-18(3)13-10-15-25(7)16-14-22-21(6)23(26)19(4)20(5)24(22)27-25/h17-18,26H,8-16H2,1-7H3. The van der Waals surface area contributed by atoms with Crippen LogP contribution < -0.4 is 4.74 Å². The van der Waals surface area contributed by atoms with E-state index in [-0.39, 0.29) is 5.60 Å². The maximum atomic E-state index is 10.3. The molecule has 3 atom stereocenters. The van der Waals surface area contributed by atoms with E-state index in [0.717, 1.165) is 53.5 Å². The van der Waals surface area contributed by atoms with Crippen molar-refractivity contribution in [2.45, 2.75) is 112 Å². The van der Waals surface area contributed by atoms with Crippen LogP contribution in [-0.2, 0) is 6.42 Å². The van der Waals surface area contributed by atoms with Gasteiger partial charge in [-0.3, -0.25) is 0 Å². The van der Waals surface area contributed by atoms with Gasteiger partial charge in [0.1, 0.15) is 17.1 Å². The first-order valence-electron chi connectivity index (χ1n) is 11.2.